The van der Waals surface area contributed by atoms with Crippen molar-refractivity contribution < 1.29 is 18.3 Å². The molecule has 1 aliphatic rings. The second-order valence-electron chi connectivity index (χ2n) is 7.31. The minimum absolute atomic E-state index is 0.224. The molecular formula is C20H19F2N5O2. The van der Waals surface area contributed by atoms with Gasteiger partial charge < -0.3 is 15.0 Å². The summed E-state index contributed by atoms with van der Waals surface area (Å²) in [5.41, 5.74) is 1.96. The van der Waals surface area contributed by atoms with E-state index in [0.717, 1.165) is 29.3 Å². The summed E-state index contributed by atoms with van der Waals surface area (Å²) in [6, 6.07) is 8.84. The lowest BCUT2D eigenvalue weighted by Gasteiger charge is -2.23. The smallest absolute Gasteiger partial charge is 0.410 e. The molecule has 29 heavy (non-hydrogen) atoms. The van der Waals surface area contributed by atoms with E-state index < -0.39 is 17.2 Å². The molecule has 150 valence electrons. The van der Waals surface area contributed by atoms with E-state index in [0.29, 0.717) is 12.2 Å². The Morgan fingerprint density at radius 1 is 1.14 bits per heavy atom. The molecular weight excluding hydrogens is 380 g/mol. The van der Waals surface area contributed by atoms with Crippen LogP contribution in [-0.2, 0) is 10.3 Å². The van der Waals surface area contributed by atoms with Crippen molar-refractivity contribution in [1.29, 1.82) is 0 Å². The van der Waals surface area contributed by atoms with Crippen molar-refractivity contribution >= 4 is 17.7 Å². The van der Waals surface area contributed by atoms with E-state index in [2.05, 4.69) is 15.4 Å². The number of benzene rings is 2. The third-order valence-electron chi connectivity index (χ3n) is 4.71. The van der Waals surface area contributed by atoms with Gasteiger partial charge in [0.25, 0.3) is 0 Å². The Balaban J connectivity index is 1.60. The highest BCUT2D eigenvalue weighted by Crippen LogP contribution is 2.34. The number of carbonyl (C=O) groups excluding carboxylic acids is 1. The lowest BCUT2D eigenvalue weighted by atomic mass is 9.94. The Morgan fingerprint density at radius 2 is 1.86 bits per heavy atom. The van der Waals surface area contributed by atoms with Crippen molar-refractivity contribution in [2.75, 3.05) is 18.9 Å². The van der Waals surface area contributed by atoms with Gasteiger partial charge in [-0.1, -0.05) is 6.07 Å². The fourth-order valence-corrected chi connectivity index (χ4v) is 3.38. The second kappa shape index (κ2) is 6.84. The molecule has 0 unspecified atom stereocenters. The van der Waals surface area contributed by atoms with Gasteiger partial charge in [0.05, 0.1) is 12.2 Å². The van der Waals surface area contributed by atoms with Gasteiger partial charge in [-0.2, -0.15) is 4.98 Å². The van der Waals surface area contributed by atoms with Gasteiger partial charge in [0.2, 0.25) is 5.95 Å². The van der Waals surface area contributed by atoms with E-state index in [-0.39, 0.29) is 17.7 Å². The summed E-state index contributed by atoms with van der Waals surface area (Å²) >= 11 is 0. The van der Waals surface area contributed by atoms with Crippen molar-refractivity contribution in [3.8, 4) is 5.69 Å². The van der Waals surface area contributed by atoms with E-state index in [9.17, 15) is 13.6 Å². The minimum Gasteiger partial charge on any atom is -0.436 e. The molecule has 3 aromatic rings. The molecule has 0 spiro atoms. The number of hydrogen-bond donors (Lipinski definition) is 1. The van der Waals surface area contributed by atoms with Gasteiger partial charge in [-0.3, -0.25) is 0 Å². The van der Waals surface area contributed by atoms with E-state index in [1.807, 2.05) is 32.0 Å². The monoisotopic (exact) mass is 399 g/mol. The largest absolute Gasteiger partial charge is 0.436 e. The first-order valence-electron chi connectivity index (χ1n) is 8.93. The summed E-state index contributed by atoms with van der Waals surface area (Å²) in [5, 5.41) is 7.31. The van der Waals surface area contributed by atoms with Gasteiger partial charge >= 0.3 is 6.09 Å². The van der Waals surface area contributed by atoms with Crippen LogP contribution in [-0.4, -0.2) is 39.4 Å². The summed E-state index contributed by atoms with van der Waals surface area (Å²) < 4.78 is 33.7. The molecule has 0 aliphatic carbocycles. The van der Waals surface area contributed by atoms with Crippen molar-refractivity contribution in [2.45, 2.75) is 19.4 Å². The third-order valence-corrected chi connectivity index (χ3v) is 4.71. The van der Waals surface area contributed by atoms with E-state index in [1.165, 1.54) is 15.9 Å². The number of aryl methyl sites for hydroxylation is 1. The molecule has 2 heterocycles. The molecule has 1 N–H and O–H groups in total. The Labute approximate surface area is 165 Å². The number of aromatic nitrogens is 3. The van der Waals surface area contributed by atoms with Crippen LogP contribution in [0.4, 0.5) is 25.2 Å². The molecule has 4 rings (SSSR count). The van der Waals surface area contributed by atoms with Crippen LogP contribution in [0.1, 0.15) is 18.1 Å². The number of halogens is 2. The van der Waals surface area contributed by atoms with Crippen LogP contribution >= 0.6 is 0 Å². The zero-order chi connectivity index (χ0) is 20.8. The van der Waals surface area contributed by atoms with Crippen LogP contribution in [0.5, 0.6) is 0 Å². The topological polar surface area (TPSA) is 72.3 Å². The Kier molecular flexibility index (Phi) is 4.45. The van der Waals surface area contributed by atoms with E-state index in [4.69, 9.17) is 4.74 Å². The van der Waals surface area contributed by atoms with Crippen LogP contribution < -0.4 is 5.32 Å². The lowest BCUT2D eigenvalue weighted by Crippen LogP contribution is -2.27. The van der Waals surface area contributed by atoms with Gasteiger partial charge in [-0.25, -0.2) is 18.3 Å². The predicted octanol–water partition coefficient (Wildman–Crippen LogP) is 3.89. The average Bonchev–Trinajstić information content (AvgIpc) is 3.18. The summed E-state index contributed by atoms with van der Waals surface area (Å²) in [6.45, 7) is 4.23. The van der Waals surface area contributed by atoms with Gasteiger partial charge in [0, 0.05) is 18.8 Å². The molecule has 0 radical (unpaired) electrons. The number of nitrogens with zero attached hydrogens (tertiary/aromatic N) is 4. The van der Waals surface area contributed by atoms with Crippen LogP contribution in [0, 0.1) is 18.6 Å². The zero-order valence-corrected chi connectivity index (χ0v) is 16.1. The molecule has 1 aliphatic heterocycles. The first-order chi connectivity index (χ1) is 13.7. The van der Waals surface area contributed by atoms with Crippen molar-refractivity contribution in [2.24, 2.45) is 0 Å². The summed E-state index contributed by atoms with van der Waals surface area (Å²) in [4.78, 5) is 17.5. The average molecular weight is 399 g/mol. The molecule has 1 aromatic heterocycles. The van der Waals surface area contributed by atoms with Gasteiger partial charge in [0.1, 0.15) is 18.0 Å². The SMILES string of the molecule is Cc1cc(Nc2ncn(-c3cc(F)cc(F)c3)n2)cc([C@]2(C)CN(C)C(=O)O2)c1. The van der Waals surface area contributed by atoms with Gasteiger partial charge in [0.15, 0.2) is 5.60 Å². The van der Waals surface area contributed by atoms with Crippen molar-refractivity contribution in [3.63, 3.8) is 0 Å². The molecule has 1 amide bonds. The molecule has 1 fully saturated rings. The van der Waals surface area contributed by atoms with E-state index in [1.54, 1.807) is 7.05 Å². The van der Waals surface area contributed by atoms with Crippen molar-refractivity contribution in [1.82, 2.24) is 19.7 Å². The van der Waals surface area contributed by atoms with Gasteiger partial charge in [-0.05, 0) is 49.2 Å². The third kappa shape index (κ3) is 3.75. The fourth-order valence-electron chi connectivity index (χ4n) is 3.38. The highest BCUT2D eigenvalue weighted by molar-refractivity contribution is 5.71. The highest BCUT2D eigenvalue weighted by Gasteiger charge is 2.41. The molecule has 1 atom stereocenters. The Bertz CT molecular complexity index is 1080. The molecule has 2 aromatic carbocycles. The molecule has 0 bridgehead atoms. The predicted molar refractivity (Wildman–Crippen MR) is 102 cm³/mol. The maximum Gasteiger partial charge on any atom is 0.410 e. The molecule has 1 saturated heterocycles. The number of nitrogens with one attached hydrogen (secondary N) is 1. The number of rotatable bonds is 4. The number of ether oxygens (including phenoxy) is 1. The summed E-state index contributed by atoms with van der Waals surface area (Å²) in [5.74, 6) is -1.13. The normalized spacial score (nSPS) is 18.8. The first kappa shape index (κ1) is 18.9. The first-order valence-corrected chi connectivity index (χ1v) is 8.93. The minimum atomic E-state index is -0.764. The fraction of sp³-hybridized carbons (Fsp3) is 0.250. The highest BCUT2D eigenvalue weighted by atomic mass is 19.1. The molecule has 9 heteroatoms. The number of cyclic esters (lactones) is 1. The van der Waals surface area contributed by atoms with Gasteiger partial charge in [-0.15, -0.1) is 5.10 Å². The number of likely N-dealkylation sites (N-methyl/N-ethyl adjacent to an activating group) is 1. The second-order valence-corrected chi connectivity index (χ2v) is 7.31. The number of anilines is 2. The Morgan fingerprint density at radius 3 is 2.52 bits per heavy atom. The lowest BCUT2D eigenvalue weighted by molar-refractivity contribution is 0.0701. The standard InChI is InChI=1S/C20H19F2N5O2/c1-12-4-13(20(2)10-26(3)19(28)29-20)6-16(5-12)24-18-23-11-27(25-18)17-8-14(21)7-15(22)9-17/h4-9,11H,10H2,1-3H3,(H,24,25)/t20-/m0/s1. The van der Waals surface area contributed by atoms with Crippen LogP contribution in [0.15, 0.2) is 42.7 Å². The van der Waals surface area contributed by atoms with E-state index >= 15 is 0 Å². The van der Waals surface area contributed by atoms with Crippen LogP contribution in [0.25, 0.3) is 5.69 Å². The van der Waals surface area contributed by atoms with Crippen LogP contribution in [0.2, 0.25) is 0 Å². The molecule has 0 saturated carbocycles. The maximum absolute atomic E-state index is 13.4. The zero-order valence-electron chi connectivity index (χ0n) is 16.1. The Hall–Kier alpha value is -3.49. The number of hydrogen-bond acceptors (Lipinski definition) is 5. The molecule has 7 nitrogen and oxygen atoms in total. The quantitative estimate of drug-likeness (QED) is 0.721. The number of amides is 1. The number of carbonyl (C=O) groups is 1. The van der Waals surface area contributed by atoms with Crippen LogP contribution in [0.3, 0.4) is 0 Å². The van der Waals surface area contributed by atoms with Crippen molar-refractivity contribution in [3.05, 3.63) is 65.5 Å². The maximum atomic E-state index is 13.4. The summed E-state index contributed by atoms with van der Waals surface area (Å²) in [7, 11) is 1.69. The summed E-state index contributed by atoms with van der Waals surface area (Å²) in [6.07, 6.45) is 0.994.